The zero-order chi connectivity index (χ0) is 24.0. The molecule has 172 valence electrons. The summed E-state index contributed by atoms with van der Waals surface area (Å²) >= 11 is 4.09. The van der Waals surface area contributed by atoms with E-state index in [0.29, 0.717) is 7.14 Å². The lowest BCUT2D eigenvalue weighted by Crippen LogP contribution is -2.45. The number of ether oxygens (including phenoxy) is 1. The smallest absolute Gasteiger partial charge is 0.408 e. The lowest BCUT2D eigenvalue weighted by Gasteiger charge is -2.20. The molecule has 3 rings (SSSR count). The number of alkyl carbamates (subject to hydrolysis) is 1. The second-order valence-corrected chi connectivity index (χ2v) is 9.95. The largest absolute Gasteiger partial charge is 0.506 e. The van der Waals surface area contributed by atoms with Crippen LogP contribution in [0.15, 0.2) is 60.7 Å². The molecule has 0 unspecified atom stereocenters. The molecule has 1 atom stereocenters. The molecule has 0 bridgehead atoms. The molecule has 0 aliphatic carbocycles. The van der Waals surface area contributed by atoms with Crippen LogP contribution in [0.3, 0.4) is 0 Å². The SMILES string of the molecule is Cc1cccc(C)c1NC(=O)[C@H](Cc1cc(I)c(O)c(I)c1)NC(=O)OCc1ccccc1. The third kappa shape index (κ3) is 7.07. The first-order chi connectivity index (χ1) is 15.7. The normalized spacial score (nSPS) is 11.5. The van der Waals surface area contributed by atoms with Crippen molar-refractivity contribution < 1.29 is 19.4 Å². The molecule has 3 aromatic rings. The molecule has 0 saturated heterocycles. The number of aryl methyl sites for hydroxylation is 2. The Bertz CT molecular complexity index is 1110. The van der Waals surface area contributed by atoms with Crippen molar-refractivity contribution >= 4 is 62.9 Å². The fraction of sp³-hybridized carbons (Fsp3) is 0.200. The van der Waals surface area contributed by atoms with E-state index in [9.17, 15) is 14.7 Å². The predicted molar refractivity (Wildman–Crippen MR) is 145 cm³/mol. The predicted octanol–water partition coefficient (Wildman–Crippen LogP) is 5.69. The zero-order valence-electron chi connectivity index (χ0n) is 18.2. The van der Waals surface area contributed by atoms with E-state index < -0.39 is 12.1 Å². The Morgan fingerprint density at radius 3 is 2.15 bits per heavy atom. The number of para-hydroxylation sites is 1. The molecule has 0 heterocycles. The van der Waals surface area contributed by atoms with Gasteiger partial charge in [-0.05, 0) is 93.4 Å². The van der Waals surface area contributed by atoms with E-state index in [1.807, 2.05) is 108 Å². The first-order valence-electron chi connectivity index (χ1n) is 10.3. The van der Waals surface area contributed by atoms with E-state index >= 15 is 0 Å². The number of phenols is 1. The van der Waals surface area contributed by atoms with Gasteiger partial charge in [-0.15, -0.1) is 0 Å². The van der Waals surface area contributed by atoms with Gasteiger partial charge >= 0.3 is 6.09 Å². The number of phenolic OH excluding ortho intramolecular Hbond substituents is 1. The Kier molecular flexibility index (Phi) is 8.95. The summed E-state index contributed by atoms with van der Waals surface area (Å²) in [4.78, 5) is 25.8. The average molecular weight is 670 g/mol. The molecule has 0 fully saturated rings. The molecule has 0 aromatic heterocycles. The highest BCUT2D eigenvalue weighted by atomic mass is 127. The fourth-order valence-corrected chi connectivity index (χ4v) is 5.21. The number of aromatic hydroxyl groups is 1. The van der Waals surface area contributed by atoms with Crippen LogP contribution in [-0.4, -0.2) is 23.1 Å². The number of carbonyl (C=O) groups is 2. The van der Waals surface area contributed by atoms with Crippen molar-refractivity contribution in [2.75, 3.05) is 5.32 Å². The summed E-state index contributed by atoms with van der Waals surface area (Å²) in [6, 6.07) is 17.8. The van der Waals surface area contributed by atoms with Crippen molar-refractivity contribution in [3.8, 4) is 5.75 Å². The van der Waals surface area contributed by atoms with E-state index in [1.54, 1.807) is 12.1 Å². The van der Waals surface area contributed by atoms with Gasteiger partial charge in [-0.2, -0.15) is 0 Å². The molecule has 0 radical (unpaired) electrons. The molecule has 3 N–H and O–H groups in total. The molecule has 0 aliphatic rings. The number of amides is 2. The third-order valence-corrected chi connectivity index (χ3v) is 6.71. The minimum Gasteiger partial charge on any atom is -0.506 e. The average Bonchev–Trinajstić information content (AvgIpc) is 2.78. The molecule has 33 heavy (non-hydrogen) atoms. The molecule has 2 amide bonds. The minimum atomic E-state index is -0.872. The summed E-state index contributed by atoms with van der Waals surface area (Å²) in [6.45, 7) is 3.95. The maximum atomic E-state index is 13.2. The van der Waals surface area contributed by atoms with Crippen molar-refractivity contribution in [1.82, 2.24) is 5.32 Å². The van der Waals surface area contributed by atoms with Gasteiger partial charge in [0.15, 0.2) is 0 Å². The highest BCUT2D eigenvalue weighted by molar-refractivity contribution is 14.1. The second-order valence-electron chi connectivity index (χ2n) is 7.63. The molecule has 0 spiro atoms. The lowest BCUT2D eigenvalue weighted by atomic mass is 10.0. The van der Waals surface area contributed by atoms with Crippen molar-refractivity contribution in [1.29, 1.82) is 0 Å². The van der Waals surface area contributed by atoms with Crippen LogP contribution in [0.25, 0.3) is 0 Å². The quantitative estimate of drug-likeness (QED) is 0.282. The molecule has 0 saturated carbocycles. The number of anilines is 1. The number of halogens is 2. The van der Waals surface area contributed by atoms with Crippen molar-refractivity contribution in [3.63, 3.8) is 0 Å². The fourth-order valence-electron chi connectivity index (χ4n) is 3.31. The number of benzene rings is 3. The van der Waals surface area contributed by atoms with Gasteiger partial charge in [0.25, 0.3) is 0 Å². The topological polar surface area (TPSA) is 87.7 Å². The first-order valence-corrected chi connectivity index (χ1v) is 12.4. The Labute approximate surface area is 220 Å². The third-order valence-electron chi connectivity index (χ3n) is 5.07. The molecule has 8 heteroatoms. The van der Waals surface area contributed by atoms with Crippen LogP contribution >= 0.6 is 45.2 Å². The van der Waals surface area contributed by atoms with Gasteiger partial charge in [-0.1, -0.05) is 48.5 Å². The van der Waals surface area contributed by atoms with E-state index in [4.69, 9.17) is 4.74 Å². The minimum absolute atomic E-state index is 0.104. The summed E-state index contributed by atoms with van der Waals surface area (Å²) in [5, 5.41) is 15.7. The summed E-state index contributed by atoms with van der Waals surface area (Å²) in [5.74, 6) is -0.145. The molecule has 6 nitrogen and oxygen atoms in total. The van der Waals surface area contributed by atoms with Gasteiger partial charge in [-0.25, -0.2) is 4.79 Å². The molecule has 3 aromatic carbocycles. The number of hydrogen-bond donors (Lipinski definition) is 3. The van der Waals surface area contributed by atoms with Crippen molar-refractivity contribution in [2.45, 2.75) is 32.9 Å². The number of rotatable bonds is 7. The van der Waals surface area contributed by atoms with Crippen LogP contribution in [0.4, 0.5) is 10.5 Å². The van der Waals surface area contributed by atoms with E-state index in [2.05, 4.69) is 10.6 Å². The highest BCUT2D eigenvalue weighted by Gasteiger charge is 2.24. The number of hydrogen-bond acceptors (Lipinski definition) is 4. The Hall–Kier alpha value is -2.34. The van der Waals surface area contributed by atoms with Gasteiger partial charge in [0.05, 0.1) is 7.14 Å². The van der Waals surface area contributed by atoms with E-state index in [1.165, 1.54) is 0 Å². The highest BCUT2D eigenvalue weighted by Crippen LogP contribution is 2.28. The van der Waals surface area contributed by atoms with Crippen LogP contribution in [0.1, 0.15) is 22.3 Å². The summed E-state index contributed by atoms with van der Waals surface area (Å²) in [5.41, 5.74) is 4.25. The Balaban J connectivity index is 1.79. The first kappa shape index (κ1) is 25.3. The van der Waals surface area contributed by atoms with Crippen molar-refractivity contribution in [2.24, 2.45) is 0 Å². The summed E-state index contributed by atoms with van der Waals surface area (Å²) in [7, 11) is 0. The number of nitrogens with one attached hydrogen (secondary N) is 2. The maximum absolute atomic E-state index is 13.2. The lowest BCUT2D eigenvalue weighted by molar-refractivity contribution is -0.118. The monoisotopic (exact) mass is 670 g/mol. The summed E-state index contributed by atoms with van der Waals surface area (Å²) in [6.07, 6.45) is -0.438. The Morgan fingerprint density at radius 1 is 0.939 bits per heavy atom. The molecular weight excluding hydrogens is 646 g/mol. The standard InChI is InChI=1S/C25H24I2N2O4/c1-15-7-6-8-16(2)22(15)29-24(31)21(13-18-11-19(26)23(30)20(27)12-18)28-25(32)33-14-17-9-4-3-5-10-17/h3-12,21,30H,13-14H2,1-2H3,(H,28,32)(H,29,31)/t21-/m0/s1. The van der Waals surface area contributed by atoms with Crippen LogP contribution < -0.4 is 10.6 Å². The van der Waals surface area contributed by atoms with Gasteiger partial charge in [0.2, 0.25) is 5.91 Å². The molecular formula is C25H24I2N2O4. The van der Waals surface area contributed by atoms with Crippen molar-refractivity contribution in [3.05, 3.63) is 90.1 Å². The van der Waals surface area contributed by atoms with Crippen LogP contribution in [0, 0.1) is 21.0 Å². The Morgan fingerprint density at radius 2 is 1.55 bits per heavy atom. The van der Waals surface area contributed by atoms with Crippen LogP contribution in [0.2, 0.25) is 0 Å². The van der Waals surface area contributed by atoms with Crippen LogP contribution in [-0.2, 0) is 22.6 Å². The summed E-state index contributed by atoms with van der Waals surface area (Å²) < 4.78 is 6.69. The zero-order valence-corrected chi connectivity index (χ0v) is 22.5. The van der Waals surface area contributed by atoms with E-state index in [-0.39, 0.29) is 24.7 Å². The van der Waals surface area contributed by atoms with E-state index in [0.717, 1.165) is 27.9 Å². The van der Waals surface area contributed by atoms with Gasteiger partial charge in [0, 0.05) is 12.1 Å². The van der Waals surface area contributed by atoms with Gasteiger partial charge < -0.3 is 20.5 Å². The maximum Gasteiger partial charge on any atom is 0.408 e. The number of carbonyl (C=O) groups excluding carboxylic acids is 2. The van der Waals surface area contributed by atoms with Gasteiger partial charge in [-0.3, -0.25) is 4.79 Å². The van der Waals surface area contributed by atoms with Gasteiger partial charge in [0.1, 0.15) is 18.4 Å². The molecule has 0 aliphatic heterocycles. The van der Waals surface area contributed by atoms with Crippen LogP contribution in [0.5, 0.6) is 5.75 Å². The second kappa shape index (κ2) is 11.7.